The maximum Gasteiger partial charge on any atom is 0.303 e. The van der Waals surface area contributed by atoms with E-state index < -0.39 is 11.9 Å². The van der Waals surface area contributed by atoms with E-state index in [4.69, 9.17) is 21.1 Å². The van der Waals surface area contributed by atoms with E-state index in [0.29, 0.717) is 32.6 Å². The maximum atomic E-state index is 10.2. The fourth-order valence-electron chi connectivity index (χ4n) is 1.11. The van der Waals surface area contributed by atoms with Gasteiger partial charge in [0.2, 0.25) is 0 Å². The Balaban J connectivity index is 0. The third kappa shape index (κ3) is 17.2. The van der Waals surface area contributed by atoms with Crippen LogP contribution in [0, 0.1) is 0 Å². The summed E-state index contributed by atoms with van der Waals surface area (Å²) in [6.45, 7) is 4.18. The van der Waals surface area contributed by atoms with Crippen LogP contribution in [0.3, 0.4) is 0 Å². The molecular formula is C11H24N2O5. The van der Waals surface area contributed by atoms with Crippen LogP contribution in [0.15, 0.2) is 0 Å². The summed E-state index contributed by atoms with van der Waals surface area (Å²) >= 11 is 0. The Hall–Kier alpha value is -1.18. The number of carbonyl (C=O) groups is 2. The van der Waals surface area contributed by atoms with Gasteiger partial charge in [-0.05, 0) is 13.0 Å². The first-order valence-electron chi connectivity index (χ1n) is 5.94. The molecule has 0 radical (unpaired) electrons. The van der Waals surface area contributed by atoms with Gasteiger partial charge in [0.05, 0.1) is 6.61 Å². The SMILES string of the molecule is CCC(=O)O.NCCN(CCO)CCCC(=O)O. The summed E-state index contributed by atoms with van der Waals surface area (Å²) < 4.78 is 0. The highest BCUT2D eigenvalue weighted by Gasteiger charge is 2.04. The first kappa shape index (κ1) is 19.2. The minimum absolute atomic E-state index is 0.0903. The number of carboxylic acids is 2. The van der Waals surface area contributed by atoms with Gasteiger partial charge in [-0.25, -0.2) is 0 Å². The van der Waals surface area contributed by atoms with Gasteiger partial charge in [0.25, 0.3) is 0 Å². The molecule has 0 atom stereocenters. The van der Waals surface area contributed by atoms with Crippen LogP contribution in [0.1, 0.15) is 26.2 Å². The highest BCUT2D eigenvalue weighted by Crippen LogP contribution is 1.94. The summed E-state index contributed by atoms with van der Waals surface area (Å²) in [5.41, 5.74) is 5.35. The van der Waals surface area contributed by atoms with Crippen LogP contribution < -0.4 is 5.73 Å². The van der Waals surface area contributed by atoms with Crippen molar-refractivity contribution in [1.82, 2.24) is 4.90 Å². The first-order valence-corrected chi connectivity index (χ1v) is 5.94. The molecule has 0 aromatic heterocycles. The molecule has 0 aromatic rings. The van der Waals surface area contributed by atoms with E-state index >= 15 is 0 Å². The van der Waals surface area contributed by atoms with Crippen molar-refractivity contribution in [3.63, 3.8) is 0 Å². The van der Waals surface area contributed by atoms with E-state index in [1.807, 2.05) is 4.90 Å². The Bertz CT molecular complexity index is 217. The Morgan fingerprint density at radius 1 is 1.11 bits per heavy atom. The predicted molar refractivity (Wildman–Crippen MR) is 67.4 cm³/mol. The average Bonchev–Trinajstić information content (AvgIpc) is 2.30. The van der Waals surface area contributed by atoms with E-state index in [1.165, 1.54) is 0 Å². The van der Waals surface area contributed by atoms with Crippen molar-refractivity contribution in [3.8, 4) is 0 Å². The van der Waals surface area contributed by atoms with Crippen molar-refractivity contribution in [3.05, 3.63) is 0 Å². The number of aliphatic hydroxyl groups excluding tert-OH is 1. The lowest BCUT2D eigenvalue weighted by molar-refractivity contribution is -0.137. The molecule has 0 spiro atoms. The summed E-state index contributed by atoms with van der Waals surface area (Å²) in [6, 6.07) is 0. The number of hydrogen-bond donors (Lipinski definition) is 4. The minimum Gasteiger partial charge on any atom is -0.481 e. The summed E-state index contributed by atoms with van der Waals surface area (Å²) in [5, 5.41) is 24.8. The van der Waals surface area contributed by atoms with Gasteiger partial charge < -0.3 is 21.1 Å². The number of aliphatic carboxylic acids is 2. The zero-order chi connectivity index (χ0) is 14.4. The average molecular weight is 264 g/mol. The van der Waals surface area contributed by atoms with Crippen molar-refractivity contribution in [1.29, 1.82) is 0 Å². The number of carboxylic acid groups (broad SMARTS) is 2. The first-order chi connectivity index (χ1) is 8.47. The van der Waals surface area contributed by atoms with Gasteiger partial charge in [-0.3, -0.25) is 14.5 Å². The highest BCUT2D eigenvalue weighted by molar-refractivity contribution is 5.66. The monoisotopic (exact) mass is 264 g/mol. The lowest BCUT2D eigenvalue weighted by Gasteiger charge is -2.19. The Morgan fingerprint density at radius 3 is 2.00 bits per heavy atom. The molecule has 0 saturated carbocycles. The molecule has 0 saturated heterocycles. The van der Waals surface area contributed by atoms with E-state index in [9.17, 15) is 9.59 Å². The van der Waals surface area contributed by atoms with Crippen LogP contribution in [0.4, 0.5) is 0 Å². The number of aliphatic hydroxyl groups is 1. The number of nitrogens with zero attached hydrogens (tertiary/aromatic N) is 1. The van der Waals surface area contributed by atoms with Crippen LogP contribution in [-0.2, 0) is 9.59 Å². The Morgan fingerprint density at radius 2 is 1.67 bits per heavy atom. The summed E-state index contributed by atoms with van der Waals surface area (Å²) in [4.78, 5) is 21.5. The van der Waals surface area contributed by atoms with Crippen molar-refractivity contribution in [2.45, 2.75) is 26.2 Å². The maximum absolute atomic E-state index is 10.2. The molecule has 18 heavy (non-hydrogen) atoms. The van der Waals surface area contributed by atoms with E-state index in [0.717, 1.165) is 0 Å². The number of hydrogen-bond acceptors (Lipinski definition) is 5. The molecule has 108 valence electrons. The highest BCUT2D eigenvalue weighted by atomic mass is 16.4. The van der Waals surface area contributed by atoms with Crippen molar-refractivity contribution < 1.29 is 24.9 Å². The molecule has 0 aliphatic heterocycles. The van der Waals surface area contributed by atoms with Crippen molar-refractivity contribution in [2.75, 3.05) is 32.8 Å². The number of rotatable bonds is 9. The molecule has 0 bridgehead atoms. The summed E-state index contributed by atoms with van der Waals surface area (Å²) in [5.74, 6) is -1.53. The van der Waals surface area contributed by atoms with Gasteiger partial charge in [0.15, 0.2) is 0 Å². The molecule has 0 aliphatic carbocycles. The topological polar surface area (TPSA) is 124 Å². The van der Waals surface area contributed by atoms with Crippen molar-refractivity contribution in [2.24, 2.45) is 5.73 Å². The lowest BCUT2D eigenvalue weighted by atomic mass is 10.3. The zero-order valence-corrected chi connectivity index (χ0v) is 10.8. The van der Waals surface area contributed by atoms with Gasteiger partial charge in [-0.2, -0.15) is 0 Å². The molecule has 0 unspecified atom stereocenters. The second-order valence-electron chi connectivity index (χ2n) is 3.60. The van der Waals surface area contributed by atoms with Gasteiger partial charge in [0.1, 0.15) is 0 Å². The largest absolute Gasteiger partial charge is 0.481 e. The van der Waals surface area contributed by atoms with Crippen LogP contribution in [0.25, 0.3) is 0 Å². The Labute approximate surface area is 107 Å². The number of nitrogens with two attached hydrogens (primary N) is 1. The molecule has 7 nitrogen and oxygen atoms in total. The van der Waals surface area contributed by atoms with Gasteiger partial charge in [-0.1, -0.05) is 6.92 Å². The third-order valence-electron chi connectivity index (χ3n) is 2.03. The quantitative estimate of drug-likeness (QED) is 0.446. The van der Waals surface area contributed by atoms with Crippen LogP contribution >= 0.6 is 0 Å². The molecule has 5 N–H and O–H groups in total. The molecule has 7 heteroatoms. The van der Waals surface area contributed by atoms with E-state index in [2.05, 4.69) is 0 Å². The summed E-state index contributed by atoms with van der Waals surface area (Å²) in [7, 11) is 0. The fraction of sp³-hybridized carbons (Fsp3) is 0.818. The summed E-state index contributed by atoms with van der Waals surface area (Å²) in [6.07, 6.45) is 1.00. The standard InChI is InChI=1S/C8H18N2O3.C3H6O2/c9-3-5-10(6-7-11)4-1-2-8(12)13;1-2-3(4)5/h11H,1-7,9H2,(H,12,13);2H2,1H3,(H,4,5). The minimum atomic E-state index is -0.781. The molecule has 0 heterocycles. The molecular weight excluding hydrogens is 240 g/mol. The van der Waals surface area contributed by atoms with Crippen molar-refractivity contribution >= 4 is 11.9 Å². The molecule has 0 aliphatic rings. The lowest BCUT2D eigenvalue weighted by Crippen LogP contribution is -2.33. The van der Waals surface area contributed by atoms with E-state index in [-0.39, 0.29) is 19.4 Å². The smallest absolute Gasteiger partial charge is 0.303 e. The molecule has 0 fully saturated rings. The van der Waals surface area contributed by atoms with Gasteiger partial charge in [-0.15, -0.1) is 0 Å². The fourth-order valence-corrected chi connectivity index (χ4v) is 1.11. The molecule has 0 amide bonds. The second-order valence-corrected chi connectivity index (χ2v) is 3.60. The Kier molecular flexibility index (Phi) is 14.8. The third-order valence-corrected chi connectivity index (χ3v) is 2.03. The van der Waals surface area contributed by atoms with E-state index in [1.54, 1.807) is 6.92 Å². The van der Waals surface area contributed by atoms with Crippen LogP contribution in [0.5, 0.6) is 0 Å². The second kappa shape index (κ2) is 13.9. The predicted octanol–water partition coefficient (Wildman–Crippen LogP) is -0.415. The van der Waals surface area contributed by atoms with Crippen LogP contribution in [0.2, 0.25) is 0 Å². The molecule has 0 rings (SSSR count). The van der Waals surface area contributed by atoms with Gasteiger partial charge >= 0.3 is 11.9 Å². The van der Waals surface area contributed by atoms with Gasteiger partial charge in [0, 0.05) is 32.5 Å². The molecule has 0 aromatic carbocycles. The zero-order valence-electron chi connectivity index (χ0n) is 10.8. The van der Waals surface area contributed by atoms with Crippen LogP contribution in [-0.4, -0.2) is 64.9 Å². The normalized spacial score (nSPS) is 9.78.